The Morgan fingerprint density at radius 2 is 1.87 bits per heavy atom. The molecule has 244 valence electrons. The van der Waals surface area contributed by atoms with Gasteiger partial charge < -0.3 is 15.2 Å². The van der Waals surface area contributed by atoms with Crippen LogP contribution >= 0.6 is 23.5 Å². The Bertz CT molecular complexity index is 1650. The highest BCUT2D eigenvalue weighted by atomic mass is 35.5. The number of hydrogen-bond donors (Lipinski definition) is 3. The van der Waals surface area contributed by atoms with Gasteiger partial charge in [0.25, 0.3) is 0 Å². The molecular formula is C35H43ClN6O3S. The van der Waals surface area contributed by atoms with Crippen LogP contribution in [0.5, 0.6) is 5.88 Å². The predicted molar refractivity (Wildman–Crippen MR) is 186 cm³/mol. The van der Waals surface area contributed by atoms with Crippen molar-refractivity contribution >= 4 is 35.5 Å². The molecule has 0 aliphatic rings. The number of aromatic nitrogens is 4. The van der Waals surface area contributed by atoms with Crippen LogP contribution in [0.2, 0.25) is 5.15 Å². The van der Waals surface area contributed by atoms with Crippen molar-refractivity contribution in [2.75, 3.05) is 11.3 Å². The largest absolute Gasteiger partial charge is 0.478 e. The molecule has 9 nitrogen and oxygen atoms in total. The molecule has 2 heterocycles. The maximum Gasteiger partial charge on any atom is 0.335 e. The number of benzene rings is 2. The van der Waals surface area contributed by atoms with Gasteiger partial charge in [0.05, 0.1) is 28.8 Å². The van der Waals surface area contributed by atoms with Crippen molar-refractivity contribution < 1.29 is 14.6 Å². The van der Waals surface area contributed by atoms with E-state index in [2.05, 4.69) is 72.8 Å². The lowest BCUT2D eigenvalue weighted by molar-refractivity contribution is 0.0696. The highest BCUT2D eigenvalue weighted by Gasteiger charge is 2.21. The number of rotatable bonds is 15. The van der Waals surface area contributed by atoms with Crippen LogP contribution in [-0.4, -0.2) is 43.7 Å². The van der Waals surface area contributed by atoms with Gasteiger partial charge >= 0.3 is 5.97 Å². The second kappa shape index (κ2) is 16.2. The molecule has 4 aromatic rings. The fourth-order valence-corrected chi connectivity index (χ4v) is 5.84. The van der Waals surface area contributed by atoms with E-state index in [9.17, 15) is 9.90 Å². The molecule has 0 amide bonds. The van der Waals surface area contributed by atoms with Crippen LogP contribution in [0.3, 0.4) is 0 Å². The van der Waals surface area contributed by atoms with Crippen molar-refractivity contribution in [2.24, 2.45) is 5.41 Å². The van der Waals surface area contributed by atoms with Crippen molar-refractivity contribution in [3.8, 4) is 17.1 Å². The number of carboxylic acid groups (broad SMARTS) is 1. The van der Waals surface area contributed by atoms with Crippen LogP contribution in [0.4, 0.5) is 5.95 Å². The molecule has 0 bridgehead atoms. The van der Waals surface area contributed by atoms with E-state index < -0.39 is 5.97 Å². The molecule has 1 atom stereocenters. The van der Waals surface area contributed by atoms with Crippen LogP contribution in [0.15, 0.2) is 59.6 Å². The summed E-state index contributed by atoms with van der Waals surface area (Å²) in [5.41, 5.74) is 5.89. The molecule has 0 unspecified atom stereocenters. The molecule has 0 radical (unpaired) electrons. The number of nitrogens with one attached hydrogen (secondary N) is 2. The van der Waals surface area contributed by atoms with E-state index >= 15 is 0 Å². The Morgan fingerprint density at radius 3 is 2.59 bits per heavy atom. The standard InChI is InChI=1S/C35H43ClN6O3S/c1-7-8-12-24-13-9-11-22(2)31(24)29-17-30(41-34(40-29)42-46-28-15-10-14-25(16-28)33(43)44)45-21-26(18-35(4,5)6)38-20-27-19-37-23(3)32(36)39-27/h9-11,13-17,19,26,38H,7-8,12,18,20-21H2,1-6H3,(H,43,44)(H,40,41,42)/t26-/m1/s1. The van der Waals surface area contributed by atoms with E-state index in [-0.39, 0.29) is 17.0 Å². The van der Waals surface area contributed by atoms with E-state index in [1.165, 1.54) is 17.5 Å². The maximum atomic E-state index is 11.5. The molecule has 0 saturated heterocycles. The number of aryl methyl sites for hydroxylation is 3. The number of carboxylic acids is 1. The van der Waals surface area contributed by atoms with Crippen LogP contribution in [0.25, 0.3) is 11.3 Å². The molecule has 4 rings (SSSR count). The smallest absolute Gasteiger partial charge is 0.335 e. The van der Waals surface area contributed by atoms with Gasteiger partial charge in [-0.1, -0.05) is 70.0 Å². The highest BCUT2D eigenvalue weighted by Crippen LogP contribution is 2.32. The van der Waals surface area contributed by atoms with Crippen LogP contribution in [0.1, 0.15) is 79.8 Å². The first-order valence-corrected chi connectivity index (χ1v) is 16.7. The first kappa shape index (κ1) is 35.1. The molecule has 0 spiro atoms. The van der Waals surface area contributed by atoms with Gasteiger partial charge in [0.1, 0.15) is 6.61 Å². The van der Waals surface area contributed by atoms with Gasteiger partial charge in [0.15, 0.2) is 5.15 Å². The van der Waals surface area contributed by atoms with Gasteiger partial charge in [-0.15, -0.1) is 0 Å². The summed E-state index contributed by atoms with van der Waals surface area (Å²) in [7, 11) is 0. The fraction of sp³-hybridized carbons (Fsp3) is 0.400. The Hall–Kier alpha value is -3.73. The van der Waals surface area contributed by atoms with Gasteiger partial charge in [-0.2, -0.15) is 4.98 Å². The zero-order chi connectivity index (χ0) is 33.3. The quantitative estimate of drug-likeness (QED) is 0.107. The van der Waals surface area contributed by atoms with Gasteiger partial charge in [-0.25, -0.2) is 14.8 Å². The van der Waals surface area contributed by atoms with Gasteiger partial charge in [0, 0.05) is 29.1 Å². The number of unbranched alkanes of at least 4 members (excludes halogenated alkanes) is 1. The van der Waals surface area contributed by atoms with E-state index in [1.807, 2.05) is 19.1 Å². The summed E-state index contributed by atoms with van der Waals surface area (Å²) in [6.45, 7) is 13.6. The summed E-state index contributed by atoms with van der Waals surface area (Å²) in [5, 5.41) is 13.4. The minimum atomic E-state index is -0.980. The summed E-state index contributed by atoms with van der Waals surface area (Å²) < 4.78 is 9.63. The fourth-order valence-electron chi connectivity index (χ4n) is 5.05. The number of carbonyl (C=O) groups is 1. The average molecular weight is 663 g/mol. The van der Waals surface area contributed by atoms with E-state index in [1.54, 1.807) is 24.4 Å². The monoisotopic (exact) mass is 662 g/mol. The van der Waals surface area contributed by atoms with Crippen LogP contribution < -0.4 is 14.8 Å². The number of nitrogens with zero attached hydrogens (tertiary/aromatic N) is 4. The number of anilines is 1. The van der Waals surface area contributed by atoms with E-state index in [0.717, 1.165) is 53.1 Å². The van der Waals surface area contributed by atoms with Crippen molar-refractivity contribution in [3.63, 3.8) is 0 Å². The Morgan fingerprint density at radius 1 is 1.09 bits per heavy atom. The minimum Gasteiger partial charge on any atom is -0.478 e. The molecule has 0 aliphatic carbocycles. The normalized spacial score (nSPS) is 12.2. The van der Waals surface area contributed by atoms with Crippen molar-refractivity contribution in [1.82, 2.24) is 25.3 Å². The third-order valence-electron chi connectivity index (χ3n) is 7.27. The lowest BCUT2D eigenvalue weighted by Crippen LogP contribution is -2.37. The van der Waals surface area contributed by atoms with E-state index in [4.69, 9.17) is 26.3 Å². The Kier molecular flexibility index (Phi) is 12.4. The molecule has 0 fully saturated rings. The lowest BCUT2D eigenvalue weighted by Gasteiger charge is -2.27. The van der Waals surface area contributed by atoms with Crippen LogP contribution in [0, 0.1) is 19.3 Å². The first-order valence-electron chi connectivity index (χ1n) is 15.5. The zero-order valence-corrected chi connectivity index (χ0v) is 28.9. The van der Waals surface area contributed by atoms with Crippen molar-refractivity contribution in [3.05, 3.63) is 88.0 Å². The second-order valence-electron chi connectivity index (χ2n) is 12.6. The summed E-state index contributed by atoms with van der Waals surface area (Å²) in [4.78, 5) is 30.6. The number of halogens is 1. The highest BCUT2D eigenvalue weighted by molar-refractivity contribution is 8.00. The Balaban J connectivity index is 1.62. The van der Waals surface area contributed by atoms with E-state index in [0.29, 0.717) is 35.8 Å². The minimum absolute atomic E-state index is 0.0107. The molecule has 46 heavy (non-hydrogen) atoms. The number of ether oxygens (including phenoxy) is 1. The molecule has 0 aliphatic heterocycles. The SMILES string of the molecule is CCCCc1cccc(C)c1-c1cc(OC[C@@H](CC(C)(C)C)NCc2cnc(C)c(Cl)n2)nc(NSc2cccc(C(=O)O)c2)n1. The van der Waals surface area contributed by atoms with Gasteiger partial charge in [-0.05, 0) is 79.8 Å². The molecule has 2 aromatic carbocycles. The second-order valence-corrected chi connectivity index (χ2v) is 13.8. The Labute approximate surface area is 281 Å². The lowest BCUT2D eigenvalue weighted by atomic mass is 9.88. The van der Waals surface area contributed by atoms with Crippen LogP contribution in [-0.2, 0) is 13.0 Å². The number of aromatic carboxylic acids is 1. The zero-order valence-electron chi connectivity index (χ0n) is 27.4. The summed E-state index contributed by atoms with van der Waals surface area (Å²) in [6.07, 6.45) is 5.68. The summed E-state index contributed by atoms with van der Waals surface area (Å²) >= 11 is 7.47. The summed E-state index contributed by atoms with van der Waals surface area (Å²) in [6, 6.07) is 14.9. The molecule has 2 aromatic heterocycles. The third kappa shape index (κ3) is 10.4. The van der Waals surface area contributed by atoms with Gasteiger partial charge in [-0.3, -0.25) is 9.71 Å². The van der Waals surface area contributed by atoms with Crippen molar-refractivity contribution in [2.45, 2.75) is 84.7 Å². The predicted octanol–water partition coefficient (Wildman–Crippen LogP) is 8.34. The first-order chi connectivity index (χ1) is 21.9. The molecule has 3 N–H and O–H groups in total. The topological polar surface area (TPSA) is 122 Å². The summed E-state index contributed by atoms with van der Waals surface area (Å²) in [5.74, 6) is -0.171. The number of hydrogen-bond acceptors (Lipinski definition) is 9. The maximum absolute atomic E-state index is 11.5. The third-order valence-corrected chi connectivity index (χ3v) is 8.40. The van der Waals surface area contributed by atoms with Crippen molar-refractivity contribution in [1.29, 1.82) is 0 Å². The molecular weight excluding hydrogens is 620 g/mol. The molecule has 0 saturated carbocycles. The molecule has 11 heteroatoms. The van der Waals surface area contributed by atoms with Gasteiger partial charge in [0.2, 0.25) is 11.8 Å². The average Bonchev–Trinajstić information content (AvgIpc) is 3.01.